The van der Waals surface area contributed by atoms with Gasteiger partial charge < -0.3 is 9.47 Å². The minimum absolute atomic E-state index is 0.00905. The fourth-order valence-electron chi connectivity index (χ4n) is 3.30. The van der Waals surface area contributed by atoms with Crippen LogP contribution in [0.1, 0.15) is 23.2 Å². The summed E-state index contributed by atoms with van der Waals surface area (Å²) in [7, 11) is 1.64. The van der Waals surface area contributed by atoms with Crippen LogP contribution in [0.25, 0.3) is 11.3 Å². The summed E-state index contributed by atoms with van der Waals surface area (Å²) in [5.41, 5.74) is 2.25. The summed E-state index contributed by atoms with van der Waals surface area (Å²) in [6, 6.07) is 14.8. The first-order chi connectivity index (χ1) is 14.2. The van der Waals surface area contributed by atoms with E-state index in [1.165, 1.54) is 11.3 Å². The lowest BCUT2D eigenvalue weighted by Gasteiger charge is -2.23. The minimum Gasteiger partial charge on any atom is -0.497 e. The minimum atomic E-state index is -0.165. The molecule has 0 saturated carbocycles. The van der Waals surface area contributed by atoms with Crippen LogP contribution >= 0.6 is 22.9 Å². The predicted molar refractivity (Wildman–Crippen MR) is 116 cm³/mol. The van der Waals surface area contributed by atoms with Gasteiger partial charge >= 0.3 is 0 Å². The average Bonchev–Trinajstić information content (AvgIpc) is 3.44. The molecule has 1 aromatic heterocycles. The second-order valence-corrected chi connectivity index (χ2v) is 8.02. The Kier molecular flexibility index (Phi) is 6.13. The van der Waals surface area contributed by atoms with E-state index in [-0.39, 0.29) is 12.0 Å². The summed E-state index contributed by atoms with van der Waals surface area (Å²) in [5, 5.41) is 3.03. The molecular formula is C22H21ClN2O3S. The van der Waals surface area contributed by atoms with Gasteiger partial charge in [0.2, 0.25) is 0 Å². The van der Waals surface area contributed by atoms with Gasteiger partial charge in [-0.3, -0.25) is 9.69 Å². The molecule has 5 nitrogen and oxygen atoms in total. The largest absolute Gasteiger partial charge is 0.497 e. The van der Waals surface area contributed by atoms with Crippen molar-refractivity contribution in [2.24, 2.45) is 0 Å². The van der Waals surface area contributed by atoms with Crippen molar-refractivity contribution in [2.45, 2.75) is 18.9 Å². The molecule has 0 N–H and O–H groups in total. The molecule has 1 aliphatic heterocycles. The number of hydrogen-bond acceptors (Lipinski definition) is 5. The fraction of sp³-hybridized carbons (Fsp3) is 0.273. The third kappa shape index (κ3) is 4.45. The molecule has 0 spiro atoms. The zero-order chi connectivity index (χ0) is 20.2. The summed E-state index contributed by atoms with van der Waals surface area (Å²) >= 11 is 7.73. The van der Waals surface area contributed by atoms with E-state index in [4.69, 9.17) is 26.1 Å². The average molecular weight is 429 g/mol. The number of ether oxygens (including phenoxy) is 2. The first kappa shape index (κ1) is 19.9. The van der Waals surface area contributed by atoms with E-state index in [9.17, 15) is 4.79 Å². The Balaban J connectivity index is 1.64. The van der Waals surface area contributed by atoms with Crippen LogP contribution in [0, 0.1) is 0 Å². The van der Waals surface area contributed by atoms with E-state index in [0.29, 0.717) is 22.3 Å². The van der Waals surface area contributed by atoms with Gasteiger partial charge in [-0.15, -0.1) is 11.3 Å². The van der Waals surface area contributed by atoms with Gasteiger partial charge in [0.1, 0.15) is 5.75 Å². The van der Waals surface area contributed by atoms with E-state index in [0.717, 1.165) is 36.5 Å². The Bertz CT molecular complexity index is 984. The molecule has 29 heavy (non-hydrogen) atoms. The van der Waals surface area contributed by atoms with Crippen molar-refractivity contribution in [2.75, 3.05) is 25.2 Å². The lowest BCUT2D eigenvalue weighted by molar-refractivity contribution is 0.0917. The van der Waals surface area contributed by atoms with Crippen molar-refractivity contribution in [1.29, 1.82) is 0 Å². The Hall–Kier alpha value is -2.41. The molecule has 150 valence electrons. The van der Waals surface area contributed by atoms with Crippen molar-refractivity contribution in [3.8, 4) is 17.0 Å². The van der Waals surface area contributed by atoms with Crippen LogP contribution in [0.5, 0.6) is 5.75 Å². The second-order valence-electron chi connectivity index (χ2n) is 6.77. The molecule has 1 atom stereocenters. The monoisotopic (exact) mass is 428 g/mol. The SMILES string of the molecule is COc1ccc(-c2csc(N(CC3CCCO3)C(=O)c3ccccc3Cl)n2)cc1. The molecule has 1 fully saturated rings. The zero-order valence-corrected chi connectivity index (χ0v) is 17.6. The number of rotatable bonds is 6. The van der Waals surface area contributed by atoms with Crippen LogP contribution in [-0.4, -0.2) is 37.3 Å². The third-order valence-corrected chi connectivity index (χ3v) is 6.06. The van der Waals surface area contributed by atoms with Crippen molar-refractivity contribution >= 4 is 34.0 Å². The smallest absolute Gasteiger partial charge is 0.261 e. The summed E-state index contributed by atoms with van der Waals surface area (Å²) in [6.45, 7) is 1.19. The van der Waals surface area contributed by atoms with Crippen LogP contribution in [0.3, 0.4) is 0 Å². The highest BCUT2D eigenvalue weighted by atomic mass is 35.5. The van der Waals surface area contributed by atoms with Crippen LogP contribution in [-0.2, 0) is 4.74 Å². The molecule has 4 rings (SSSR count). The van der Waals surface area contributed by atoms with Gasteiger partial charge in [-0.25, -0.2) is 4.98 Å². The van der Waals surface area contributed by atoms with Gasteiger partial charge in [0.15, 0.2) is 5.13 Å². The Morgan fingerprint density at radius 3 is 2.76 bits per heavy atom. The lowest BCUT2D eigenvalue weighted by Crippen LogP contribution is -2.37. The number of hydrogen-bond donors (Lipinski definition) is 0. The number of carbonyl (C=O) groups is 1. The Morgan fingerprint density at radius 1 is 1.28 bits per heavy atom. The number of aromatic nitrogens is 1. The molecule has 1 unspecified atom stereocenters. The number of anilines is 1. The number of methoxy groups -OCH3 is 1. The van der Waals surface area contributed by atoms with Crippen LogP contribution < -0.4 is 9.64 Å². The molecule has 2 aromatic carbocycles. The van der Waals surface area contributed by atoms with Crippen LogP contribution in [0.2, 0.25) is 5.02 Å². The van der Waals surface area contributed by atoms with E-state index in [1.54, 1.807) is 24.1 Å². The fourth-order valence-corrected chi connectivity index (χ4v) is 4.36. The van der Waals surface area contributed by atoms with Gasteiger partial charge in [-0.05, 0) is 49.2 Å². The summed E-state index contributed by atoms with van der Waals surface area (Å²) in [6.07, 6.45) is 1.95. The summed E-state index contributed by atoms with van der Waals surface area (Å²) < 4.78 is 11.0. The van der Waals surface area contributed by atoms with Crippen molar-refractivity contribution in [3.63, 3.8) is 0 Å². The molecule has 1 saturated heterocycles. The molecule has 0 aliphatic carbocycles. The van der Waals surface area contributed by atoms with Gasteiger partial charge in [0, 0.05) is 17.6 Å². The van der Waals surface area contributed by atoms with Crippen LogP contribution in [0.15, 0.2) is 53.9 Å². The van der Waals surface area contributed by atoms with E-state index >= 15 is 0 Å². The normalized spacial score (nSPS) is 16.0. The first-order valence-corrected chi connectivity index (χ1v) is 10.7. The molecule has 7 heteroatoms. The van der Waals surface area contributed by atoms with E-state index in [1.807, 2.05) is 41.8 Å². The quantitative estimate of drug-likeness (QED) is 0.534. The van der Waals surface area contributed by atoms with Gasteiger partial charge in [0.05, 0.1) is 36.0 Å². The molecule has 1 aliphatic rings. The van der Waals surface area contributed by atoms with Crippen molar-refractivity contribution in [1.82, 2.24) is 4.98 Å². The van der Waals surface area contributed by atoms with E-state index in [2.05, 4.69) is 0 Å². The summed E-state index contributed by atoms with van der Waals surface area (Å²) in [4.78, 5) is 19.7. The van der Waals surface area contributed by atoms with Gasteiger partial charge in [-0.1, -0.05) is 23.7 Å². The Labute approximate surface area is 178 Å². The molecule has 0 bridgehead atoms. The van der Waals surface area contributed by atoms with Gasteiger partial charge in [0.25, 0.3) is 5.91 Å². The summed E-state index contributed by atoms with van der Waals surface area (Å²) in [5.74, 6) is 0.625. The van der Waals surface area contributed by atoms with Gasteiger partial charge in [-0.2, -0.15) is 0 Å². The molecule has 3 aromatic rings. The maximum atomic E-state index is 13.3. The number of halogens is 1. The second kappa shape index (κ2) is 8.95. The first-order valence-electron chi connectivity index (χ1n) is 9.43. The zero-order valence-electron chi connectivity index (χ0n) is 16.0. The van der Waals surface area contributed by atoms with Crippen LogP contribution in [0.4, 0.5) is 5.13 Å². The third-order valence-electron chi connectivity index (χ3n) is 4.87. The number of carbonyl (C=O) groups excluding carboxylic acids is 1. The highest BCUT2D eigenvalue weighted by Gasteiger charge is 2.27. The maximum absolute atomic E-state index is 13.3. The standard InChI is InChI=1S/C22H21ClN2O3S/c1-27-16-10-8-15(9-11-16)20-14-29-22(24-20)25(13-17-5-4-12-28-17)21(26)18-6-2-3-7-19(18)23/h2-3,6-11,14,17H,4-5,12-13H2,1H3. The topological polar surface area (TPSA) is 51.7 Å². The highest BCUT2D eigenvalue weighted by molar-refractivity contribution is 7.14. The number of amides is 1. The van der Waals surface area contributed by atoms with Crippen molar-refractivity contribution in [3.05, 3.63) is 64.5 Å². The van der Waals surface area contributed by atoms with E-state index < -0.39 is 0 Å². The molecular weight excluding hydrogens is 408 g/mol. The molecule has 2 heterocycles. The number of nitrogens with zero attached hydrogens (tertiary/aromatic N) is 2. The number of thiazole rings is 1. The molecule has 0 radical (unpaired) electrons. The van der Waals surface area contributed by atoms with Crippen molar-refractivity contribution < 1.29 is 14.3 Å². The Morgan fingerprint density at radius 2 is 2.07 bits per heavy atom. The lowest BCUT2D eigenvalue weighted by atomic mass is 10.1. The number of benzene rings is 2. The maximum Gasteiger partial charge on any atom is 0.261 e. The molecule has 1 amide bonds. The predicted octanol–water partition coefficient (Wildman–Crippen LogP) is 5.30. The highest BCUT2D eigenvalue weighted by Crippen LogP contribution is 2.31.